The van der Waals surface area contributed by atoms with Crippen molar-refractivity contribution in [3.63, 3.8) is 0 Å². The van der Waals surface area contributed by atoms with Crippen LogP contribution in [0.15, 0.2) is 0 Å². The molecule has 0 heterocycles. The zero-order chi connectivity index (χ0) is 11.7. The lowest BCUT2D eigenvalue weighted by Crippen LogP contribution is -2.40. The average molecular weight is 233 g/mol. The van der Waals surface area contributed by atoms with Crippen molar-refractivity contribution in [1.82, 2.24) is 5.32 Å². The van der Waals surface area contributed by atoms with Gasteiger partial charge in [0.15, 0.2) is 0 Å². The lowest BCUT2D eigenvalue weighted by atomic mass is 10.1. The van der Waals surface area contributed by atoms with E-state index < -0.39 is 0 Å². The van der Waals surface area contributed by atoms with Crippen LogP contribution in [-0.2, 0) is 9.53 Å². The molecule has 0 aromatic carbocycles. The molecular weight excluding hydrogens is 210 g/mol. The highest BCUT2D eigenvalue weighted by Crippen LogP contribution is 2.04. The van der Waals surface area contributed by atoms with Crippen LogP contribution < -0.4 is 5.32 Å². The highest BCUT2D eigenvalue weighted by Gasteiger charge is 2.17. The second kappa shape index (κ2) is 9.04. The van der Waals surface area contributed by atoms with Gasteiger partial charge >= 0.3 is 5.97 Å². The molecule has 15 heavy (non-hydrogen) atoms. The maximum absolute atomic E-state index is 11.5. The van der Waals surface area contributed by atoms with E-state index >= 15 is 0 Å². The van der Waals surface area contributed by atoms with Gasteiger partial charge in [0.25, 0.3) is 0 Å². The standard InChI is InChI=1S/C11H23NO2S/c1-5-10(11(13)14-6-2)12-7-9(3)8-15-4/h9-10,12H,5-8H2,1-4H3. The van der Waals surface area contributed by atoms with Crippen LogP contribution in [0.1, 0.15) is 27.2 Å². The molecule has 4 heteroatoms. The first-order valence-electron chi connectivity index (χ1n) is 5.54. The summed E-state index contributed by atoms with van der Waals surface area (Å²) in [6.45, 7) is 7.34. The summed E-state index contributed by atoms with van der Waals surface area (Å²) in [6, 6.07) is -0.144. The number of hydrogen-bond acceptors (Lipinski definition) is 4. The topological polar surface area (TPSA) is 38.3 Å². The first-order chi connectivity index (χ1) is 7.15. The summed E-state index contributed by atoms with van der Waals surface area (Å²) in [5.41, 5.74) is 0. The van der Waals surface area contributed by atoms with Gasteiger partial charge in [-0.15, -0.1) is 0 Å². The van der Waals surface area contributed by atoms with Crippen LogP contribution >= 0.6 is 11.8 Å². The van der Waals surface area contributed by atoms with Crippen molar-refractivity contribution in [2.75, 3.05) is 25.2 Å². The number of carbonyl (C=O) groups is 1. The number of nitrogens with one attached hydrogen (secondary N) is 1. The Morgan fingerprint density at radius 1 is 1.47 bits per heavy atom. The molecule has 0 rings (SSSR count). The zero-order valence-electron chi connectivity index (χ0n) is 10.2. The fourth-order valence-electron chi connectivity index (χ4n) is 1.32. The molecule has 0 saturated carbocycles. The van der Waals surface area contributed by atoms with Crippen LogP contribution in [0.3, 0.4) is 0 Å². The summed E-state index contributed by atoms with van der Waals surface area (Å²) in [4.78, 5) is 11.5. The van der Waals surface area contributed by atoms with Crippen molar-refractivity contribution in [2.45, 2.75) is 33.2 Å². The Morgan fingerprint density at radius 3 is 2.60 bits per heavy atom. The predicted octanol–water partition coefficient (Wildman–Crippen LogP) is 1.92. The normalized spacial score (nSPS) is 14.7. The Morgan fingerprint density at radius 2 is 2.13 bits per heavy atom. The molecule has 0 spiro atoms. The van der Waals surface area contributed by atoms with Crippen LogP contribution in [0.5, 0.6) is 0 Å². The molecule has 3 nitrogen and oxygen atoms in total. The third-order valence-corrected chi connectivity index (χ3v) is 3.05. The molecular formula is C11H23NO2S. The Kier molecular flexibility index (Phi) is 8.91. The number of rotatable bonds is 8. The highest BCUT2D eigenvalue weighted by atomic mass is 32.2. The molecule has 0 aliphatic carbocycles. The van der Waals surface area contributed by atoms with Crippen LogP contribution in [0.25, 0.3) is 0 Å². The van der Waals surface area contributed by atoms with Crippen LogP contribution in [0.2, 0.25) is 0 Å². The number of carbonyl (C=O) groups excluding carboxylic acids is 1. The number of ether oxygens (including phenoxy) is 1. The van der Waals surface area contributed by atoms with Gasteiger partial charge in [-0.25, -0.2) is 0 Å². The molecule has 0 amide bonds. The summed E-state index contributed by atoms with van der Waals surface area (Å²) in [6.07, 6.45) is 2.88. The van der Waals surface area contributed by atoms with E-state index in [0.717, 1.165) is 18.7 Å². The van der Waals surface area contributed by atoms with Crippen molar-refractivity contribution in [3.8, 4) is 0 Å². The second-order valence-electron chi connectivity index (χ2n) is 3.68. The Balaban J connectivity index is 3.83. The van der Waals surface area contributed by atoms with E-state index in [2.05, 4.69) is 18.5 Å². The maximum atomic E-state index is 11.5. The minimum atomic E-state index is -0.144. The van der Waals surface area contributed by atoms with E-state index in [0.29, 0.717) is 12.5 Å². The maximum Gasteiger partial charge on any atom is 0.323 e. The molecule has 0 fully saturated rings. The van der Waals surface area contributed by atoms with E-state index in [9.17, 15) is 4.79 Å². The van der Waals surface area contributed by atoms with E-state index in [1.165, 1.54) is 0 Å². The van der Waals surface area contributed by atoms with Gasteiger partial charge in [0, 0.05) is 0 Å². The lowest BCUT2D eigenvalue weighted by molar-refractivity contribution is -0.145. The van der Waals surface area contributed by atoms with Crippen LogP contribution in [0, 0.1) is 5.92 Å². The van der Waals surface area contributed by atoms with Crippen molar-refractivity contribution in [1.29, 1.82) is 0 Å². The summed E-state index contributed by atoms with van der Waals surface area (Å²) in [5, 5.41) is 3.25. The van der Waals surface area contributed by atoms with Gasteiger partial charge in [-0.3, -0.25) is 4.79 Å². The van der Waals surface area contributed by atoms with Crippen molar-refractivity contribution in [3.05, 3.63) is 0 Å². The van der Waals surface area contributed by atoms with Crippen molar-refractivity contribution < 1.29 is 9.53 Å². The van der Waals surface area contributed by atoms with Crippen LogP contribution in [-0.4, -0.2) is 37.2 Å². The summed E-state index contributed by atoms with van der Waals surface area (Å²) in [5.74, 6) is 1.58. The summed E-state index contributed by atoms with van der Waals surface area (Å²) >= 11 is 1.83. The molecule has 90 valence electrons. The Labute approximate surface area is 97.3 Å². The smallest absolute Gasteiger partial charge is 0.323 e. The van der Waals surface area contributed by atoms with Gasteiger partial charge in [-0.2, -0.15) is 11.8 Å². The summed E-state index contributed by atoms with van der Waals surface area (Å²) < 4.78 is 4.98. The Bertz CT molecular complexity index is 176. The van der Waals surface area contributed by atoms with Crippen LogP contribution in [0.4, 0.5) is 0 Å². The van der Waals surface area contributed by atoms with Gasteiger partial charge in [-0.05, 0) is 37.8 Å². The minimum absolute atomic E-state index is 0.128. The monoisotopic (exact) mass is 233 g/mol. The highest BCUT2D eigenvalue weighted by molar-refractivity contribution is 7.98. The van der Waals surface area contributed by atoms with Gasteiger partial charge in [0.1, 0.15) is 6.04 Å². The molecule has 1 N–H and O–H groups in total. The fraction of sp³-hybridized carbons (Fsp3) is 0.909. The summed E-state index contributed by atoms with van der Waals surface area (Å²) in [7, 11) is 0. The first kappa shape index (κ1) is 14.8. The van der Waals surface area contributed by atoms with Crippen molar-refractivity contribution >= 4 is 17.7 Å². The van der Waals surface area contributed by atoms with E-state index in [1.807, 2.05) is 25.6 Å². The van der Waals surface area contributed by atoms with E-state index in [4.69, 9.17) is 4.74 Å². The molecule has 0 aliphatic heterocycles. The fourth-order valence-corrected chi connectivity index (χ4v) is 2.01. The third-order valence-electron chi connectivity index (χ3n) is 2.14. The van der Waals surface area contributed by atoms with Crippen molar-refractivity contribution in [2.24, 2.45) is 5.92 Å². The molecule has 0 aromatic rings. The van der Waals surface area contributed by atoms with E-state index in [1.54, 1.807) is 0 Å². The largest absolute Gasteiger partial charge is 0.465 e. The van der Waals surface area contributed by atoms with E-state index in [-0.39, 0.29) is 12.0 Å². The molecule has 0 radical (unpaired) electrons. The molecule has 2 atom stereocenters. The number of thioether (sulfide) groups is 1. The van der Waals surface area contributed by atoms with Gasteiger partial charge in [0.2, 0.25) is 0 Å². The molecule has 0 saturated heterocycles. The van der Waals surface area contributed by atoms with Gasteiger partial charge in [0.05, 0.1) is 6.61 Å². The minimum Gasteiger partial charge on any atom is -0.465 e. The molecule has 0 aromatic heterocycles. The second-order valence-corrected chi connectivity index (χ2v) is 4.59. The Hall–Kier alpha value is -0.220. The zero-order valence-corrected chi connectivity index (χ0v) is 11.0. The number of esters is 1. The molecule has 0 bridgehead atoms. The SMILES string of the molecule is CCOC(=O)C(CC)NCC(C)CSC. The first-order valence-corrected chi connectivity index (χ1v) is 6.93. The molecule has 0 aliphatic rings. The third kappa shape index (κ3) is 6.79. The molecule has 2 unspecified atom stereocenters. The van der Waals surface area contributed by atoms with Gasteiger partial charge in [-0.1, -0.05) is 13.8 Å². The van der Waals surface area contributed by atoms with Gasteiger partial charge < -0.3 is 10.1 Å². The quantitative estimate of drug-likeness (QED) is 0.650. The average Bonchev–Trinajstić information content (AvgIpc) is 2.19. The lowest BCUT2D eigenvalue weighted by Gasteiger charge is -2.18. The predicted molar refractivity (Wildman–Crippen MR) is 66.3 cm³/mol. The number of hydrogen-bond donors (Lipinski definition) is 1.